The van der Waals surface area contributed by atoms with Crippen molar-refractivity contribution in [3.05, 3.63) is 0 Å². The Hall–Kier alpha value is 4.33. The minimum Gasteiger partial charge on any atom is 0 e. The molecule has 2 nitrogen and oxygen atoms in total. The Balaban J connectivity index is -0.000000000833. The van der Waals surface area contributed by atoms with Crippen molar-refractivity contribution in [2.75, 3.05) is 0 Å². The summed E-state index contributed by atoms with van der Waals surface area (Å²) in [5, 5.41) is 0. The summed E-state index contributed by atoms with van der Waals surface area (Å²) in [6.45, 7) is 0. The fraction of sp³-hybridized carbons (Fsp3) is 0. The fourth-order valence-corrected chi connectivity index (χ4v) is 0. The van der Waals surface area contributed by atoms with Crippen molar-refractivity contribution in [2.24, 2.45) is 0 Å². The van der Waals surface area contributed by atoms with Gasteiger partial charge in [-0.3, -0.25) is 0 Å². The minimum absolute atomic E-state index is 0. The van der Waals surface area contributed by atoms with Gasteiger partial charge in [0.05, 0.1) is 0 Å². The van der Waals surface area contributed by atoms with Crippen LogP contribution in [0, 0.1) is 0 Å². The summed E-state index contributed by atoms with van der Waals surface area (Å²) in [5.74, 6) is 0. The summed E-state index contributed by atoms with van der Waals surface area (Å²) in [4.78, 5) is 0. The van der Waals surface area contributed by atoms with Crippen LogP contribution in [0.15, 0.2) is 0 Å². The van der Waals surface area contributed by atoms with Gasteiger partial charge in [-0.1, -0.05) is 0 Å². The number of rotatable bonds is 0. The first kappa shape index (κ1) is 31.6. The average molecular weight is 406 g/mol. The predicted molar refractivity (Wildman–Crippen MR) is 18.3 cm³/mol. The molecule has 0 spiro atoms. The van der Waals surface area contributed by atoms with Crippen molar-refractivity contribution in [3.8, 4) is 0 Å². The summed E-state index contributed by atoms with van der Waals surface area (Å²) in [7, 11) is 0. The molecule has 0 saturated carbocycles. The van der Waals surface area contributed by atoms with E-state index in [4.69, 9.17) is 3.32 Å². The second kappa shape index (κ2) is 34.5. The fourth-order valence-electron chi connectivity index (χ4n) is 0. The van der Waals surface area contributed by atoms with Gasteiger partial charge in [-0.05, 0) is 0 Å². The Kier molecular flexibility index (Phi) is 182. The first-order valence-electron chi connectivity index (χ1n) is 0.204. The molecule has 0 atom stereocenters. The van der Waals surface area contributed by atoms with Gasteiger partial charge in [0.1, 0.15) is 0 Å². The predicted octanol–water partition coefficient (Wildman–Crippen LogP) is -1.87. The van der Waals surface area contributed by atoms with E-state index in [2.05, 4.69) is 0 Å². The standard InChI is InChI=1S/2Ba.H2O.O.2Ti.3H/h;;1H2;;;;;;/q;+1;;;;;;;/p-1. The summed E-state index contributed by atoms with van der Waals surface area (Å²) in [6.07, 6.45) is 0. The molecule has 0 radical (unpaired) electrons. The first-order chi connectivity index (χ1) is 1.00. The van der Waals surface area contributed by atoms with Gasteiger partial charge in [0.25, 0.3) is 0 Å². The van der Waals surface area contributed by atoms with Crippen molar-refractivity contribution in [2.45, 2.75) is 0 Å². The van der Waals surface area contributed by atoms with Gasteiger partial charge in [0.15, 0.2) is 0 Å². The topological polar surface area (TPSA) is 47.1 Å². The summed E-state index contributed by atoms with van der Waals surface area (Å²) in [6, 6.07) is 0. The van der Waals surface area contributed by atoms with E-state index in [9.17, 15) is 0 Å². The summed E-state index contributed by atoms with van der Waals surface area (Å²) >= 11 is 0.750. The molecule has 28 valence electrons. The maximum absolute atomic E-state index is 8.25. The molecule has 0 unspecified atom stereocenters. The summed E-state index contributed by atoms with van der Waals surface area (Å²) < 4.78 is 8.25. The number of hydrogen-bond acceptors (Lipinski definition) is 2. The molecular formula is H4Ba2O2Ti2. The van der Waals surface area contributed by atoms with Crippen molar-refractivity contribution in [3.63, 3.8) is 0 Å². The van der Waals surface area contributed by atoms with Crippen LogP contribution < -0.4 is 0 Å². The first-order valence-corrected chi connectivity index (χ1v) is 0.842. The van der Waals surface area contributed by atoms with Gasteiger partial charge in [0, 0.05) is 21.7 Å². The monoisotopic (exact) mass is 408 g/mol. The zero-order valence-electron chi connectivity index (χ0n) is 2.86. The van der Waals surface area contributed by atoms with Crippen LogP contribution in [-0.2, 0) is 45.4 Å². The molecular weight excluding hydrogens is 402 g/mol. The van der Waals surface area contributed by atoms with Crippen LogP contribution in [0.2, 0.25) is 0 Å². The van der Waals surface area contributed by atoms with Gasteiger partial charge >= 0.3 is 121 Å². The van der Waals surface area contributed by atoms with Crippen molar-refractivity contribution < 1.29 is 50.9 Å². The molecule has 0 aromatic rings. The van der Waals surface area contributed by atoms with Crippen LogP contribution >= 0.6 is 0 Å². The molecule has 0 aromatic carbocycles. The largest absolute Gasteiger partial charge is 0 e. The van der Waals surface area contributed by atoms with E-state index in [1.165, 1.54) is 0 Å². The summed E-state index contributed by atoms with van der Waals surface area (Å²) in [5.41, 5.74) is 0. The van der Waals surface area contributed by atoms with Crippen molar-refractivity contribution in [1.82, 2.24) is 0 Å². The third-order valence-corrected chi connectivity index (χ3v) is 0. The molecule has 0 aliphatic heterocycles. The Morgan fingerprint density at radius 1 is 1.17 bits per heavy atom. The second-order valence-corrected chi connectivity index (χ2v) is 0. The molecule has 0 rings (SSSR count). The van der Waals surface area contributed by atoms with E-state index < -0.39 is 0 Å². The van der Waals surface area contributed by atoms with E-state index in [0.29, 0.717) is 0 Å². The van der Waals surface area contributed by atoms with E-state index in [1.807, 2.05) is 0 Å². The van der Waals surface area contributed by atoms with Gasteiger partial charge in [-0.15, -0.1) is 0 Å². The zero-order valence-corrected chi connectivity index (χ0v) is 12.3. The molecule has 0 aliphatic carbocycles. The van der Waals surface area contributed by atoms with Crippen LogP contribution in [0.4, 0.5) is 0 Å². The van der Waals surface area contributed by atoms with Crippen LogP contribution in [-0.4, -0.2) is 103 Å². The second-order valence-electron chi connectivity index (χ2n) is 0. The normalized spacial score (nSPS) is 0.500. The van der Waals surface area contributed by atoms with Crippen LogP contribution in [0.3, 0.4) is 0 Å². The van der Waals surface area contributed by atoms with Gasteiger partial charge in [-0.2, -0.15) is 0 Å². The molecule has 0 aromatic heterocycles. The van der Waals surface area contributed by atoms with Crippen molar-refractivity contribution >= 4 is 97.8 Å². The van der Waals surface area contributed by atoms with E-state index in [0.717, 1.165) is 20.4 Å². The molecule has 0 saturated heterocycles. The Bertz CT molecular complexity index is 9.51. The van der Waals surface area contributed by atoms with Crippen LogP contribution in [0.5, 0.6) is 0 Å². The van der Waals surface area contributed by atoms with E-state index >= 15 is 0 Å². The molecule has 0 bridgehead atoms. The van der Waals surface area contributed by atoms with Gasteiger partial charge in [0.2, 0.25) is 0 Å². The Labute approximate surface area is 144 Å². The smallest absolute Gasteiger partial charge is 0 e. The molecule has 6 heteroatoms. The molecule has 1 N–H and O–H groups in total. The van der Waals surface area contributed by atoms with E-state index in [-0.39, 0.29) is 125 Å². The quantitative estimate of drug-likeness (QED) is 0.443. The Morgan fingerprint density at radius 2 is 1.17 bits per heavy atom. The van der Waals surface area contributed by atoms with Crippen LogP contribution in [0.1, 0.15) is 0 Å². The average Bonchev–Trinajstić information content (AvgIpc) is 1.00. The maximum atomic E-state index is 8.25. The third kappa shape index (κ3) is 23.9. The molecule has 6 heavy (non-hydrogen) atoms. The van der Waals surface area contributed by atoms with E-state index in [1.54, 1.807) is 0 Å². The third-order valence-electron chi connectivity index (χ3n) is 0. The molecule has 0 fully saturated rings. The molecule has 0 aliphatic rings. The molecule has 0 heterocycles. The minimum atomic E-state index is 0. The van der Waals surface area contributed by atoms with Crippen molar-refractivity contribution in [1.29, 1.82) is 0 Å². The SMILES string of the molecule is [BaH+].[BaH2].[OH-].[O]=[Ti].[Ti]. The zero-order chi connectivity index (χ0) is 2.00. The Morgan fingerprint density at radius 3 is 1.17 bits per heavy atom. The van der Waals surface area contributed by atoms with Gasteiger partial charge in [-0.25, -0.2) is 0 Å². The van der Waals surface area contributed by atoms with Crippen LogP contribution in [0.25, 0.3) is 0 Å². The van der Waals surface area contributed by atoms with Gasteiger partial charge < -0.3 is 5.48 Å². The number of hydrogen-bond donors (Lipinski definition) is 0. The maximum Gasteiger partial charge on any atom is 0 e. The molecule has 0 amide bonds.